The molecule has 0 N–H and O–H groups in total. The molecule has 0 unspecified atom stereocenters. The molecule has 1 aromatic rings. The minimum Gasteiger partial charge on any atom is -0.494 e. The lowest BCUT2D eigenvalue weighted by Gasteiger charge is -2.34. The Hall–Kier alpha value is -2.08. The predicted octanol–water partition coefficient (Wildman–Crippen LogP) is 2.25. The molecule has 0 atom stereocenters. The maximum absolute atomic E-state index is 12.6. The molecule has 6 heteroatoms. The van der Waals surface area contributed by atoms with Crippen LogP contribution in [0.15, 0.2) is 24.3 Å². The Morgan fingerprint density at radius 2 is 1.52 bits per heavy atom. The zero-order chi connectivity index (χ0) is 19.1. The van der Waals surface area contributed by atoms with Gasteiger partial charge in [0, 0.05) is 45.2 Å². The normalized spacial score (nSPS) is 18.4. The predicted molar refractivity (Wildman–Crippen MR) is 105 cm³/mol. The van der Waals surface area contributed by atoms with Crippen LogP contribution in [-0.2, 0) is 4.79 Å². The molecule has 2 aliphatic rings. The average molecular weight is 373 g/mol. The van der Waals surface area contributed by atoms with Crippen LogP contribution in [0.2, 0.25) is 0 Å². The molecule has 3 rings (SSSR count). The number of piperidine rings is 1. The highest BCUT2D eigenvalue weighted by Gasteiger charge is 2.23. The maximum atomic E-state index is 12.6. The van der Waals surface area contributed by atoms with Crippen molar-refractivity contribution >= 4 is 11.8 Å². The Kier molecular flexibility index (Phi) is 7.10. The summed E-state index contributed by atoms with van der Waals surface area (Å²) in [5, 5.41) is 0. The Morgan fingerprint density at radius 3 is 2.15 bits per heavy atom. The van der Waals surface area contributed by atoms with Gasteiger partial charge in [-0.25, -0.2) is 0 Å². The SMILES string of the molecule is CC(=O)N1CCN(C(=O)c2ccc(OCCCN3CCCCC3)cc2)CC1. The second kappa shape index (κ2) is 9.74. The van der Waals surface area contributed by atoms with Gasteiger partial charge >= 0.3 is 0 Å². The number of amides is 2. The minimum atomic E-state index is 0.0230. The van der Waals surface area contributed by atoms with Crippen molar-refractivity contribution in [2.75, 3.05) is 52.4 Å². The van der Waals surface area contributed by atoms with Crippen LogP contribution in [0.25, 0.3) is 0 Å². The Bertz CT molecular complexity index is 618. The van der Waals surface area contributed by atoms with E-state index < -0.39 is 0 Å². The molecule has 0 saturated carbocycles. The summed E-state index contributed by atoms with van der Waals surface area (Å²) in [5.74, 6) is 0.908. The van der Waals surface area contributed by atoms with Crippen LogP contribution in [0.1, 0.15) is 43.0 Å². The second-order valence-electron chi connectivity index (χ2n) is 7.43. The van der Waals surface area contributed by atoms with Crippen LogP contribution >= 0.6 is 0 Å². The van der Waals surface area contributed by atoms with E-state index in [1.54, 1.807) is 11.8 Å². The number of carbonyl (C=O) groups is 2. The number of ether oxygens (including phenoxy) is 1. The van der Waals surface area contributed by atoms with Gasteiger partial charge in [0.05, 0.1) is 6.61 Å². The number of likely N-dealkylation sites (tertiary alicyclic amines) is 1. The lowest BCUT2D eigenvalue weighted by atomic mass is 10.1. The summed E-state index contributed by atoms with van der Waals surface area (Å²) in [6.07, 6.45) is 5.03. The van der Waals surface area contributed by atoms with Crippen LogP contribution < -0.4 is 4.74 Å². The highest BCUT2D eigenvalue weighted by molar-refractivity contribution is 5.94. The van der Waals surface area contributed by atoms with E-state index in [0.29, 0.717) is 38.3 Å². The van der Waals surface area contributed by atoms with Crippen molar-refractivity contribution in [3.63, 3.8) is 0 Å². The number of hydrogen-bond acceptors (Lipinski definition) is 4. The van der Waals surface area contributed by atoms with Gasteiger partial charge in [-0.05, 0) is 56.6 Å². The van der Waals surface area contributed by atoms with Crippen molar-refractivity contribution in [2.45, 2.75) is 32.6 Å². The standard InChI is InChI=1S/C21H31N3O3/c1-18(25)23-13-15-24(16-14-23)21(26)19-6-8-20(9-7-19)27-17-5-12-22-10-3-2-4-11-22/h6-9H,2-5,10-17H2,1H3. The summed E-state index contributed by atoms with van der Waals surface area (Å²) in [5.41, 5.74) is 0.673. The van der Waals surface area contributed by atoms with Gasteiger partial charge in [0.25, 0.3) is 5.91 Å². The average Bonchev–Trinajstić information content (AvgIpc) is 2.72. The number of piperazine rings is 1. The topological polar surface area (TPSA) is 53.1 Å². The van der Waals surface area contributed by atoms with E-state index >= 15 is 0 Å². The molecule has 1 aromatic carbocycles. The molecule has 0 spiro atoms. The minimum absolute atomic E-state index is 0.0230. The van der Waals surface area contributed by atoms with E-state index in [-0.39, 0.29) is 11.8 Å². The van der Waals surface area contributed by atoms with E-state index in [4.69, 9.17) is 4.74 Å². The van der Waals surface area contributed by atoms with Crippen molar-refractivity contribution in [1.82, 2.24) is 14.7 Å². The molecule has 2 heterocycles. The van der Waals surface area contributed by atoms with Crippen molar-refractivity contribution < 1.29 is 14.3 Å². The van der Waals surface area contributed by atoms with Crippen LogP contribution in [-0.4, -0.2) is 78.9 Å². The first-order valence-corrected chi connectivity index (χ1v) is 10.1. The Balaban J connectivity index is 1.40. The molecule has 0 bridgehead atoms. The molecule has 27 heavy (non-hydrogen) atoms. The molecule has 2 fully saturated rings. The summed E-state index contributed by atoms with van der Waals surface area (Å²) in [6, 6.07) is 7.42. The van der Waals surface area contributed by atoms with Gasteiger partial charge < -0.3 is 19.4 Å². The molecule has 0 aliphatic carbocycles. The van der Waals surface area contributed by atoms with Gasteiger partial charge in [-0.2, -0.15) is 0 Å². The smallest absolute Gasteiger partial charge is 0.253 e. The summed E-state index contributed by atoms with van der Waals surface area (Å²) in [4.78, 5) is 30.1. The monoisotopic (exact) mass is 373 g/mol. The molecule has 2 saturated heterocycles. The Labute approximate surface area is 162 Å². The first kappa shape index (κ1) is 19.7. The molecule has 2 aliphatic heterocycles. The molecule has 6 nitrogen and oxygen atoms in total. The number of rotatable bonds is 6. The molecular formula is C21H31N3O3. The fraction of sp³-hybridized carbons (Fsp3) is 0.619. The fourth-order valence-electron chi connectivity index (χ4n) is 3.76. The largest absolute Gasteiger partial charge is 0.494 e. The van der Waals surface area contributed by atoms with E-state index in [2.05, 4.69) is 4.90 Å². The molecule has 0 radical (unpaired) electrons. The van der Waals surface area contributed by atoms with Crippen LogP contribution in [0.4, 0.5) is 0 Å². The number of benzene rings is 1. The van der Waals surface area contributed by atoms with Gasteiger partial charge in [0.15, 0.2) is 0 Å². The van der Waals surface area contributed by atoms with E-state index in [1.165, 1.54) is 32.4 Å². The fourth-order valence-corrected chi connectivity index (χ4v) is 3.76. The highest BCUT2D eigenvalue weighted by Crippen LogP contribution is 2.16. The zero-order valence-electron chi connectivity index (χ0n) is 16.4. The molecular weight excluding hydrogens is 342 g/mol. The zero-order valence-corrected chi connectivity index (χ0v) is 16.4. The summed E-state index contributed by atoms with van der Waals surface area (Å²) in [6.45, 7) is 8.22. The van der Waals surface area contributed by atoms with E-state index in [0.717, 1.165) is 18.7 Å². The van der Waals surface area contributed by atoms with Crippen LogP contribution in [0, 0.1) is 0 Å². The van der Waals surface area contributed by atoms with E-state index in [9.17, 15) is 9.59 Å². The summed E-state index contributed by atoms with van der Waals surface area (Å²) < 4.78 is 5.82. The quantitative estimate of drug-likeness (QED) is 0.718. The lowest BCUT2D eigenvalue weighted by Crippen LogP contribution is -2.50. The van der Waals surface area contributed by atoms with Crippen molar-refractivity contribution in [3.8, 4) is 5.75 Å². The first-order valence-electron chi connectivity index (χ1n) is 10.1. The maximum Gasteiger partial charge on any atom is 0.253 e. The van der Waals surface area contributed by atoms with Crippen LogP contribution in [0.3, 0.4) is 0 Å². The van der Waals surface area contributed by atoms with Crippen LogP contribution in [0.5, 0.6) is 5.75 Å². The first-order chi connectivity index (χ1) is 13.1. The van der Waals surface area contributed by atoms with Crippen molar-refractivity contribution in [1.29, 1.82) is 0 Å². The lowest BCUT2D eigenvalue weighted by molar-refractivity contribution is -0.130. The molecule has 148 valence electrons. The van der Waals surface area contributed by atoms with Crippen molar-refractivity contribution in [3.05, 3.63) is 29.8 Å². The summed E-state index contributed by atoms with van der Waals surface area (Å²) >= 11 is 0. The third-order valence-corrected chi connectivity index (χ3v) is 5.45. The third-order valence-electron chi connectivity index (χ3n) is 5.45. The van der Waals surface area contributed by atoms with Gasteiger partial charge in [0.2, 0.25) is 5.91 Å². The van der Waals surface area contributed by atoms with Crippen molar-refractivity contribution in [2.24, 2.45) is 0 Å². The number of nitrogens with zero attached hydrogens (tertiary/aromatic N) is 3. The van der Waals surface area contributed by atoms with Gasteiger partial charge in [0.1, 0.15) is 5.75 Å². The highest BCUT2D eigenvalue weighted by atomic mass is 16.5. The van der Waals surface area contributed by atoms with Gasteiger partial charge in [-0.15, -0.1) is 0 Å². The number of hydrogen-bond donors (Lipinski definition) is 0. The second-order valence-corrected chi connectivity index (χ2v) is 7.43. The molecule has 2 amide bonds. The number of carbonyl (C=O) groups excluding carboxylic acids is 2. The van der Waals surface area contributed by atoms with Gasteiger partial charge in [-0.1, -0.05) is 6.42 Å². The van der Waals surface area contributed by atoms with E-state index in [1.807, 2.05) is 29.2 Å². The summed E-state index contributed by atoms with van der Waals surface area (Å²) in [7, 11) is 0. The Morgan fingerprint density at radius 1 is 0.889 bits per heavy atom. The third kappa shape index (κ3) is 5.70. The molecule has 0 aromatic heterocycles. The van der Waals surface area contributed by atoms with Gasteiger partial charge in [-0.3, -0.25) is 9.59 Å².